The number of methoxy groups -OCH3 is 1. The summed E-state index contributed by atoms with van der Waals surface area (Å²) in [6.07, 6.45) is 0.00635. The van der Waals surface area contributed by atoms with Gasteiger partial charge in [-0.2, -0.15) is 0 Å². The largest absolute Gasteiger partial charge is 0.512 e. The molecule has 0 atom stereocenters. The van der Waals surface area contributed by atoms with Crippen LogP contribution in [0.25, 0.3) is 0 Å². The van der Waals surface area contributed by atoms with E-state index in [1.54, 1.807) is 0 Å². The first-order chi connectivity index (χ1) is 10.6. The van der Waals surface area contributed by atoms with Gasteiger partial charge in [-0.25, -0.2) is 9.59 Å². The van der Waals surface area contributed by atoms with Crippen molar-refractivity contribution in [2.45, 2.75) is 19.4 Å². The number of hydrogen-bond acceptors (Lipinski definition) is 5. The fourth-order valence-corrected chi connectivity index (χ4v) is 2.23. The summed E-state index contributed by atoms with van der Waals surface area (Å²) in [5.74, 6) is -0.581. The van der Waals surface area contributed by atoms with Crippen molar-refractivity contribution >= 4 is 12.1 Å². The van der Waals surface area contributed by atoms with E-state index in [2.05, 4.69) is 4.74 Å². The summed E-state index contributed by atoms with van der Waals surface area (Å²) < 4.78 is 9.88. The molecule has 1 amide bonds. The number of ether oxygens (including phenoxy) is 2. The Morgan fingerprint density at radius 1 is 1.18 bits per heavy atom. The van der Waals surface area contributed by atoms with Crippen molar-refractivity contribution in [2.24, 2.45) is 0 Å². The minimum atomic E-state index is -0.558. The number of amides is 1. The molecule has 0 radical (unpaired) electrons. The van der Waals surface area contributed by atoms with E-state index in [1.807, 2.05) is 30.3 Å². The first-order valence-corrected chi connectivity index (χ1v) is 7.06. The lowest BCUT2D eigenvalue weighted by Crippen LogP contribution is -2.32. The lowest BCUT2D eigenvalue weighted by Gasteiger charge is -2.19. The average molecular weight is 305 g/mol. The van der Waals surface area contributed by atoms with Crippen LogP contribution in [0, 0.1) is 0 Å². The minimum absolute atomic E-state index is 0.0230. The van der Waals surface area contributed by atoms with E-state index in [0.29, 0.717) is 13.1 Å². The van der Waals surface area contributed by atoms with Crippen molar-refractivity contribution in [1.82, 2.24) is 4.90 Å². The highest BCUT2D eigenvalue weighted by Gasteiger charge is 2.24. The maximum atomic E-state index is 12.1. The molecule has 0 bridgehead atoms. The van der Waals surface area contributed by atoms with Crippen LogP contribution in [0.1, 0.15) is 18.4 Å². The number of nitrogens with zero attached hydrogens (tertiary/aromatic N) is 1. The Balaban J connectivity index is 1.89. The van der Waals surface area contributed by atoms with E-state index in [9.17, 15) is 14.7 Å². The Labute approximate surface area is 128 Å². The third kappa shape index (κ3) is 4.00. The minimum Gasteiger partial charge on any atom is -0.512 e. The van der Waals surface area contributed by atoms with Crippen LogP contribution in [0.5, 0.6) is 0 Å². The quantitative estimate of drug-likeness (QED) is 0.868. The first-order valence-electron chi connectivity index (χ1n) is 7.06. The van der Waals surface area contributed by atoms with Gasteiger partial charge in [0, 0.05) is 25.9 Å². The summed E-state index contributed by atoms with van der Waals surface area (Å²) in [6, 6.07) is 9.39. The smallest absolute Gasteiger partial charge is 0.410 e. The molecule has 1 aliphatic rings. The van der Waals surface area contributed by atoms with E-state index >= 15 is 0 Å². The molecule has 1 heterocycles. The van der Waals surface area contributed by atoms with E-state index in [-0.39, 0.29) is 30.8 Å². The van der Waals surface area contributed by atoms with Crippen molar-refractivity contribution in [3.63, 3.8) is 0 Å². The summed E-state index contributed by atoms with van der Waals surface area (Å²) >= 11 is 0. The number of carbonyl (C=O) groups is 2. The van der Waals surface area contributed by atoms with Crippen LogP contribution in [0.15, 0.2) is 41.7 Å². The molecular weight excluding hydrogens is 286 g/mol. The van der Waals surface area contributed by atoms with E-state index in [1.165, 1.54) is 12.0 Å². The molecule has 0 unspecified atom stereocenters. The third-order valence-corrected chi connectivity index (χ3v) is 3.49. The second kappa shape index (κ2) is 7.49. The second-order valence-corrected chi connectivity index (χ2v) is 4.94. The lowest BCUT2D eigenvalue weighted by atomic mass is 10.1. The lowest BCUT2D eigenvalue weighted by molar-refractivity contribution is -0.136. The van der Waals surface area contributed by atoms with Crippen LogP contribution in [0.3, 0.4) is 0 Å². The Bertz CT molecular complexity index is 567. The normalized spacial score (nSPS) is 15.2. The fourth-order valence-electron chi connectivity index (χ4n) is 2.23. The van der Waals surface area contributed by atoms with Crippen LogP contribution in [-0.4, -0.2) is 42.3 Å². The molecule has 0 aromatic heterocycles. The summed E-state index contributed by atoms with van der Waals surface area (Å²) in [6.45, 7) is 0.807. The van der Waals surface area contributed by atoms with Gasteiger partial charge >= 0.3 is 12.1 Å². The monoisotopic (exact) mass is 305 g/mol. The number of carbonyl (C=O) groups excluding carboxylic acids is 2. The molecule has 0 saturated heterocycles. The maximum absolute atomic E-state index is 12.1. The average Bonchev–Trinajstić information content (AvgIpc) is 2.75. The SMILES string of the molecule is COC(=O)C1=C(O)CCN(C(=O)OCc2ccccc2)CC1. The summed E-state index contributed by atoms with van der Waals surface area (Å²) in [5.41, 5.74) is 1.13. The first kappa shape index (κ1) is 15.9. The standard InChI is InChI=1S/C16H19NO5/c1-21-15(19)13-7-9-17(10-8-14(13)18)16(20)22-11-12-5-3-2-4-6-12/h2-6,18H,7-11H2,1H3. The van der Waals surface area contributed by atoms with Gasteiger partial charge in [0.2, 0.25) is 0 Å². The van der Waals surface area contributed by atoms with Gasteiger partial charge in [-0.05, 0) is 5.56 Å². The Hall–Kier alpha value is -2.50. The van der Waals surface area contributed by atoms with E-state index in [0.717, 1.165) is 5.56 Å². The van der Waals surface area contributed by atoms with Crippen molar-refractivity contribution in [2.75, 3.05) is 20.2 Å². The van der Waals surface area contributed by atoms with Gasteiger partial charge in [-0.3, -0.25) is 0 Å². The molecule has 6 nitrogen and oxygen atoms in total. The van der Waals surface area contributed by atoms with Gasteiger partial charge in [0.05, 0.1) is 12.7 Å². The summed E-state index contributed by atoms with van der Waals surface area (Å²) in [4.78, 5) is 25.1. The highest BCUT2D eigenvalue weighted by atomic mass is 16.6. The molecule has 0 aliphatic carbocycles. The zero-order valence-electron chi connectivity index (χ0n) is 12.4. The van der Waals surface area contributed by atoms with Crippen molar-refractivity contribution < 1.29 is 24.2 Å². The second-order valence-electron chi connectivity index (χ2n) is 4.94. The molecule has 0 fully saturated rings. The molecule has 6 heteroatoms. The number of aliphatic hydroxyl groups is 1. The molecule has 2 rings (SSSR count). The topological polar surface area (TPSA) is 76.1 Å². The van der Waals surface area contributed by atoms with Gasteiger partial charge in [0.15, 0.2) is 0 Å². The van der Waals surface area contributed by atoms with Crippen LogP contribution < -0.4 is 0 Å². The van der Waals surface area contributed by atoms with Crippen LogP contribution >= 0.6 is 0 Å². The number of esters is 1. The van der Waals surface area contributed by atoms with E-state index < -0.39 is 12.1 Å². The molecule has 0 saturated carbocycles. The zero-order valence-corrected chi connectivity index (χ0v) is 12.4. The van der Waals surface area contributed by atoms with Gasteiger partial charge in [0.1, 0.15) is 12.4 Å². The van der Waals surface area contributed by atoms with Crippen LogP contribution in [0.2, 0.25) is 0 Å². The summed E-state index contributed by atoms with van der Waals surface area (Å²) in [5, 5.41) is 9.86. The van der Waals surface area contributed by atoms with Crippen molar-refractivity contribution in [1.29, 1.82) is 0 Å². The van der Waals surface area contributed by atoms with Crippen LogP contribution in [0.4, 0.5) is 4.79 Å². The van der Waals surface area contributed by atoms with Crippen molar-refractivity contribution in [3.8, 4) is 0 Å². The molecule has 118 valence electrons. The fraction of sp³-hybridized carbons (Fsp3) is 0.375. The maximum Gasteiger partial charge on any atom is 0.410 e. The summed E-state index contributed by atoms with van der Waals surface area (Å²) in [7, 11) is 1.26. The third-order valence-electron chi connectivity index (χ3n) is 3.49. The van der Waals surface area contributed by atoms with Crippen molar-refractivity contribution in [3.05, 3.63) is 47.2 Å². The molecular formula is C16H19NO5. The van der Waals surface area contributed by atoms with Gasteiger partial charge in [0.25, 0.3) is 0 Å². The Morgan fingerprint density at radius 3 is 2.55 bits per heavy atom. The zero-order chi connectivity index (χ0) is 15.9. The Kier molecular flexibility index (Phi) is 5.41. The highest BCUT2D eigenvalue weighted by Crippen LogP contribution is 2.18. The molecule has 22 heavy (non-hydrogen) atoms. The number of aliphatic hydroxyl groups excluding tert-OH is 1. The van der Waals surface area contributed by atoms with Gasteiger partial charge < -0.3 is 19.5 Å². The van der Waals surface area contributed by atoms with Gasteiger partial charge in [-0.1, -0.05) is 30.3 Å². The Morgan fingerprint density at radius 2 is 1.86 bits per heavy atom. The number of rotatable bonds is 3. The molecule has 1 aliphatic heterocycles. The molecule has 1 aromatic rings. The predicted octanol–water partition coefficient (Wildman–Crippen LogP) is 2.40. The number of hydrogen-bond donors (Lipinski definition) is 1. The predicted molar refractivity (Wildman–Crippen MR) is 79.1 cm³/mol. The van der Waals surface area contributed by atoms with Gasteiger partial charge in [-0.15, -0.1) is 0 Å². The molecule has 1 aromatic carbocycles. The molecule has 1 N–H and O–H groups in total. The highest BCUT2D eigenvalue weighted by molar-refractivity contribution is 5.89. The molecule has 0 spiro atoms. The van der Waals surface area contributed by atoms with E-state index in [4.69, 9.17) is 4.74 Å². The van der Waals surface area contributed by atoms with Crippen LogP contribution in [-0.2, 0) is 20.9 Å². The number of benzene rings is 1.